The number of nitrogens with one attached hydrogen (secondary N) is 1. The van der Waals surface area contributed by atoms with E-state index in [9.17, 15) is 4.79 Å². The lowest BCUT2D eigenvalue weighted by atomic mass is 10.1. The second kappa shape index (κ2) is 9.55. The number of anilines is 2. The summed E-state index contributed by atoms with van der Waals surface area (Å²) < 4.78 is 0. The number of carbonyl (C=O) groups excluding carboxylic acids is 1. The van der Waals surface area contributed by atoms with E-state index in [0.717, 1.165) is 44.0 Å². The third kappa shape index (κ3) is 4.81. The van der Waals surface area contributed by atoms with Crippen LogP contribution in [0.2, 0.25) is 0 Å². The van der Waals surface area contributed by atoms with Crippen molar-refractivity contribution in [2.75, 3.05) is 36.0 Å². The lowest BCUT2D eigenvalue weighted by Crippen LogP contribution is -2.47. The first-order valence-corrected chi connectivity index (χ1v) is 10.1. The molecule has 0 spiro atoms. The average molecular weight is 382 g/mol. The molecule has 150 valence electrons. The summed E-state index contributed by atoms with van der Waals surface area (Å²) in [6, 6.07) is 12.0. The number of rotatable bonds is 7. The number of para-hydroxylation sites is 1. The lowest BCUT2D eigenvalue weighted by Gasteiger charge is -2.38. The molecule has 1 fully saturated rings. The first-order valence-electron chi connectivity index (χ1n) is 10.1. The average Bonchev–Trinajstić information content (AvgIpc) is 2.73. The van der Waals surface area contributed by atoms with Crippen LogP contribution in [0.3, 0.4) is 0 Å². The van der Waals surface area contributed by atoms with Crippen molar-refractivity contribution >= 4 is 17.4 Å². The molecular formula is C22H31N5O. The van der Waals surface area contributed by atoms with Crippen LogP contribution in [0, 0.1) is 6.92 Å². The highest BCUT2D eigenvalue weighted by Crippen LogP contribution is 2.24. The van der Waals surface area contributed by atoms with Crippen LogP contribution in [0.4, 0.5) is 11.5 Å². The molecule has 6 nitrogen and oxygen atoms in total. The second-order valence-electron chi connectivity index (χ2n) is 7.36. The summed E-state index contributed by atoms with van der Waals surface area (Å²) in [7, 11) is 0. The topological polar surface area (TPSA) is 74.5 Å². The van der Waals surface area contributed by atoms with Gasteiger partial charge in [0.1, 0.15) is 5.82 Å². The van der Waals surface area contributed by atoms with Gasteiger partial charge >= 0.3 is 0 Å². The number of benzene rings is 1. The maximum atomic E-state index is 12.1. The third-order valence-electron chi connectivity index (χ3n) is 5.29. The highest BCUT2D eigenvalue weighted by Gasteiger charge is 2.21. The number of nitrogens with two attached hydrogens (primary N) is 1. The molecule has 1 aromatic heterocycles. The second-order valence-corrected chi connectivity index (χ2v) is 7.36. The maximum absolute atomic E-state index is 12.1. The van der Waals surface area contributed by atoms with Gasteiger partial charge in [-0.1, -0.05) is 37.6 Å². The van der Waals surface area contributed by atoms with E-state index in [1.54, 1.807) is 0 Å². The molecule has 1 aromatic carbocycles. The maximum Gasteiger partial charge on any atom is 0.237 e. The molecular weight excluding hydrogens is 350 g/mol. The summed E-state index contributed by atoms with van der Waals surface area (Å²) >= 11 is 0. The van der Waals surface area contributed by atoms with E-state index < -0.39 is 6.04 Å². The quantitative estimate of drug-likeness (QED) is 0.771. The van der Waals surface area contributed by atoms with Gasteiger partial charge in [-0.3, -0.25) is 4.79 Å². The number of hydrogen-bond donors (Lipinski definition) is 2. The van der Waals surface area contributed by atoms with E-state index in [-0.39, 0.29) is 5.91 Å². The summed E-state index contributed by atoms with van der Waals surface area (Å²) in [5, 5.41) is 2.96. The standard InChI is InChI=1S/C22H31N5O/c1-3-7-19(23)22(28)25-16-18-9-6-11-24-21(18)27-14-12-26(13-15-27)20-10-5-4-8-17(20)2/h4-6,8-11,19H,3,7,12-16,23H2,1-2H3,(H,25,28)/t19-/m0/s1. The number of nitrogens with zero attached hydrogens (tertiary/aromatic N) is 3. The molecule has 1 aliphatic heterocycles. The first kappa shape index (κ1) is 20.1. The number of carbonyl (C=O) groups is 1. The van der Waals surface area contributed by atoms with Gasteiger partial charge in [0.25, 0.3) is 0 Å². The number of aromatic nitrogens is 1. The van der Waals surface area contributed by atoms with Crippen molar-refractivity contribution in [1.82, 2.24) is 10.3 Å². The molecule has 6 heteroatoms. The smallest absolute Gasteiger partial charge is 0.237 e. The van der Waals surface area contributed by atoms with Gasteiger partial charge in [0, 0.05) is 50.2 Å². The molecule has 1 atom stereocenters. The van der Waals surface area contributed by atoms with Crippen LogP contribution in [0.1, 0.15) is 30.9 Å². The minimum absolute atomic E-state index is 0.0963. The van der Waals surface area contributed by atoms with Gasteiger partial charge < -0.3 is 20.9 Å². The summed E-state index contributed by atoms with van der Waals surface area (Å²) in [6.45, 7) is 8.36. The molecule has 1 amide bonds. The summed E-state index contributed by atoms with van der Waals surface area (Å²) in [4.78, 5) is 21.5. The molecule has 2 heterocycles. The van der Waals surface area contributed by atoms with E-state index in [2.05, 4.69) is 51.3 Å². The van der Waals surface area contributed by atoms with Crippen molar-refractivity contribution < 1.29 is 4.79 Å². The molecule has 2 aromatic rings. The van der Waals surface area contributed by atoms with Crippen LogP contribution in [0.25, 0.3) is 0 Å². The molecule has 0 aliphatic carbocycles. The number of pyridine rings is 1. The first-order chi connectivity index (χ1) is 13.6. The van der Waals surface area contributed by atoms with Crippen molar-refractivity contribution in [2.45, 2.75) is 39.3 Å². The van der Waals surface area contributed by atoms with Crippen LogP contribution in [0.5, 0.6) is 0 Å². The largest absolute Gasteiger partial charge is 0.368 e. The van der Waals surface area contributed by atoms with Crippen molar-refractivity contribution in [2.24, 2.45) is 5.73 Å². The molecule has 1 aliphatic rings. The van der Waals surface area contributed by atoms with Crippen molar-refractivity contribution in [3.8, 4) is 0 Å². The number of piperazine rings is 1. The Kier molecular flexibility index (Phi) is 6.87. The zero-order valence-corrected chi connectivity index (χ0v) is 16.9. The van der Waals surface area contributed by atoms with Gasteiger partial charge in [0.05, 0.1) is 6.04 Å². The van der Waals surface area contributed by atoms with Gasteiger partial charge in [-0.25, -0.2) is 4.98 Å². The van der Waals surface area contributed by atoms with Gasteiger partial charge in [-0.15, -0.1) is 0 Å². The summed E-state index contributed by atoms with van der Waals surface area (Å²) in [5.74, 6) is 0.859. The molecule has 0 unspecified atom stereocenters. The minimum atomic E-state index is -0.442. The zero-order valence-electron chi connectivity index (χ0n) is 16.9. The fourth-order valence-electron chi connectivity index (χ4n) is 3.69. The molecule has 1 saturated heterocycles. The van der Waals surface area contributed by atoms with Crippen LogP contribution in [-0.4, -0.2) is 43.1 Å². The van der Waals surface area contributed by atoms with E-state index >= 15 is 0 Å². The highest BCUT2D eigenvalue weighted by molar-refractivity contribution is 5.81. The van der Waals surface area contributed by atoms with Crippen molar-refractivity contribution in [3.05, 3.63) is 53.7 Å². The van der Waals surface area contributed by atoms with Gasteiger partial charge in [0.15, 0.2) is 0 Å². The Morgan fingerprint density at radius 1 is 1.14 bits per heavy atom. The number of hydrogen-bond acceptors (Lipinski definition) is 5. The molecule has 0 radical (unpaired) electrons. The Balaban J connectivity index is 1.62. The zero-order chi connectivity index (χ0) is 19.9. The molecule has 3 N–H and O–H groups in total. The monoisotopic (exact) mass is 381 g/mol. The Labute approximate surface area is 167 Å². The fraction of sp³-hybridized carbons (Fsp3) is 0.455. The Bertz CT molecular complexity index is 786. The van der Waals surface area contributed by atoms with E-state index in [1.165, 1.54) is 11.3 Å². The normalized spacial score (nSPS) is 15.4. The molecule has 28 heavy (non-hydrogen) atoms. The van der Waals surface area contributed by atoms with Gasteiger partial charge in [0.2, 0.25) is 5.91 Å². The Hall–Kier alpha value is -2.60. The number of aryl methyl sites for hydroxylation is 1. The fourth-order valence-corrected chi connectivity index (χ4v) is 3.69. The summed E-state index contributed by atoms with van der Waals surface area (Å²) in [5.41, 5.74) is 9.56. The van der Waals surface area contributed by atoms with E-state index in [0.29, 0.717) is 13.0 Å². The van der Waals surface area contributed by atoms with Gasteiger partial charge in [-0.2, -0.15) is 0 Å². The Morgan fingerprint density at radius 2 is 1.86 bits per heavy atom. The van der Waals surface area contributed by atoms with Crippen LogP contribution in [-0.2, 0) is 11.3 Å². The molecule has 0 saturated carbocycles. The Morgan fingerprint density at radius 3 is 2.57 bits per heavy atom. The van der Waals surface area contributed by atoms with Gasteiger partial charge in [-0.05, 0) is 31.0 Å². The lowest BCUT2D eigenvalue weighted by molar-refractivity contribution is -0.122. The number of amides is 1. The van der Waals surface area contributed by atoms with E-state index in [1.807, 2.05) is 25.3 Å². The SMILES string of the molecule is CCC[C@H](N)C(=O)NCc1cccnc1N1CCN(c2ccccc2C)CC1. The van der Waals surface area contributed by atoms with E-state index in [4.69, 9.17) is 5.73 Å². The molecule has 3 rings (SSSR count). The van der Waals surface area contributed by atoms with Crippen LogP contribution < -0.4 is 20.9 Å². The highest BCUT2D eigenvalue weighted by atomic mass is 16.2. The minimum Gasteiger partial charge on any atom is -0.368 e. The van der Waals surface area contributed by atoms with Crippen molar-refractivity contribution in [1.29, 1.82) is 0 Å². The molecule has 0 bridgehead atoms. The van der Waals surface area contributed by atoms with Crippen LogP contribution >= 0.6 is 0 Å². The van der Waals surface area contributed by atoms with Crippen LogP contribution in [0.15, 0.2) is 42.6 Å². The summed E-state index contributed by atoms with van der Waals surface area (Å²) in [6.07, 6.45) is 3.42. The predicted octanol–water partition coefficient (Wildman–Crippen LogP) is 2.46. The third-order valence-corrected chi connectivity index (χ3v) is 5.29. The van der Waals surface area contributed by atoms with Crippen molar-refractivity contribution in [3.63, 3.8) is 0 Å². The predicted molar refractivity (Wildman–Crippen MR) is 115 cm³/mol.